The second-order valence-corrected chi connectivity index (χ2v) is 8.58. The van der Waals surface area contributed by atoms with Gasteiger partial charge < -0.3 is 5.73 Å². The van der Waals surface area contributed by atoms with Gasteiger partial charge in [0, 0.05) is 5.69 Å². The SMILES string of the molecule is N#Cc1sc(=S)n(-c2ccc(S(=O)(=O)Nc3ccc(Cl)nn3)cc2)c1N. The van der Waals surface area contributed by atoms with Crippen molar-refractivity contribution in [1.29, 1.82) is 5.26 Å². The molecule has 0 aliphatic rings. The van der Waals surface area contributed by atoms with E-state index >= 15 is 0 Å². The third kappa shape index (κ3) is 3.54. The molecule has 132 valence electrons. The molecule has 0 saturated heterocycles. The number of aromatic nitrogens is 3. The van der Waals surface area contributed by atoms with Gasteiger partial charge in [-0.05, 0) is 48.6 Å². The summed E-state index contributed by atoms with van der Waals surface area (Å²) < 4.78 is 29.0. The van der Waals surface area contributed by atoms with E-state index in [0.29, 0.717) is 14.5 Å². The molecule has 0 saturated carbocycles. The number of nitrogens with zero attached hydrogens (tertiary/aromatic N) is 4. The quantitative estimate of drug-likeness (QED) is 0.616. The van der Waals surface area contributed by atoms with Gasteiger partial charge in [-0.25, -0.2) is 8.42 Å². The van der Waals surface area contributed by atoms with Crippen LogP contribution >= 0.6 is 35.2 Å². The minimum atomic E-state index is -3.86. The van der Waals surface area contributed by atoms with Gasteiger partial charge in [0.15, 0.2) is 14.9 Å². The van der Waals surface area contributed by atoms with Crippen molar-refractivity contribution in [2.24, 2.45) is 0 Å². The molecule has 2 heterocycles. The molecule has 0 spiro atoms. The maximum absolute atomic E-state index is 12.4. The average molecular weight is 425 g/mol. The zero-order chi connectivity index (χ0) is 18.9. The Kier molecular flexibility index (Phi) is 4.92. The fourth-order valence-corrected chi connectivity index (χ4v) is 4.31. The molecule has 3 aromatic rings. The summed E-state index contributed by atoms with van der Waals surface area (Å²) in [7, 11) is -3.86. The Morgan fingerprint density at radius 3 is 2.46 bits per heavy atom. The van der Waals surface area contributed by atoms with E-state index in [-0.39, 0.29) is 21.7 Å². The molecule has 2 aromatic heterocycles. The van der Waals surface area contributed by atoms with Crippen LogP contribution in [0.4, 0.5) is 11.6 Å². The van der Waals surface area contributed by atoms with Gasteiger partial charge in [-0.2, -0.15) is 5.26 Å². The third-order valence-electron chi connectivity index (χ3n) is 3.22. The second kappa shape index (κ2) is 7.00. The van der Waals surface area contributed by atoms with Crippen LogP contribution in [-0.4, -0.2) is 23.2 Å². The molecule has 0 aliphatic carbocycles. The summed E-state index contributed by atoms with van der Waals surface area (Å²) in [6.07, 6.45) is 0. The first-order valence-corrected chi connectivity index (χ1v) is 9.94. The Morgan fingerprint density at radius 2 is 1.92 bits per heavy atom. The lowest BCUT2D eigenvalue weighted by atomic mass is 10.3. The number of nitriles is 1. The molecule has 3 rings (SSSR count). The van der Waals surface area contributed by atoms with Crippen LogP contribution < -0.4 is 10.5 Å². The molecule has 0 bridgehead atoms. The number of anilines is 2. The first kappa shape index (κ1) is 18.3. The highest BCUT2D eigenvalue weighted by Gasteiger charge is 2.16. The van der Waals surface area contributed by atoms with Gasteiger partial charge in [0.1, 0.15) is 16.8 Å². The Hall–Kier alpha value is -2.52. The summed E-state index contributed by atoms with van der Waals surface area (Å²) in [6.45, 7) is 0. The molecular formula is C14H9ClN6O2S3. The molecule has 26 heavy (non-hydrogen) atoms. The number of nitrogens with two attached hydrogens (primary N) is 1. The van der Waals surface area contributed by atoms with Gasteiger partial charge in [-0.15, -0.1) is 10.2 Å². The zero-order valence-corrected chi connectivity index (χ0v) is 16.0. The van der Waals surface area contributed by atoms with Crippen LogP contribution in [0.1, 0.15) is 4.88 Å². The third-order valence-corrected chi connectivity index (χ3v) is 6.09. The molecule has 0 radical (unpaired) electrons. The van der Waals surface area contributed by atoms with Gasteiger partial charge in [-0.3, -0.25) is 9.29 Å². The van der Waals surface area contributed by atoms with E-state index in [1.807, 2.05) is 6.07 Å². The lowest BCUT2D eigenvalue weighted by molar-refractivity contribution is 0.601. The highest BCUT2D eigenvalue weighted by molar-refractivity contribution is 7.92. The van der Waals surface area contributed by atoms with Crippen LogP contribution in [0.25, 0.3) is 5.69 Å². The molecule has 0 amide bonds. The number of benzene rings is 1. The molecule has 0 unspecified atom stereocenters. The summed E-state index contributed by atoms with van der Waals surface area (Å²) >= 11 is 11.9. The number of sulfonamides is 1. The molecule has 12 heteroatoms. The normalized spacial score (nSPS) is 11.1. The van der Waals surface area contributed by atoms with Crippen LogP contribution in [0.15, 0.2) is 41.3 Å². The Balaban J connectivity index is 1.92. The van der Waals surface area contributed by atoms with Crippen molar-refractivity contribution in [3.63, 3.8) is 0 Å². The smallest absolute Gasteiger partial charge is 0.263 e. The van der Waals surface area contributed by atoms with Crippen molar-refractivity contribution in [3.8, 4) is 11.8 Å². The van der Waals surface area contributed by atoms with Crippen molar-refractivity contribution >= 4 is 56.8 Å². The molecule has 1 aromatic carbocycles. The van der Waals surface area contributed by atoms with Crippen molar-refractivity contribution in [3.05, 3.63) is 50.4 Å². The largest absolute Gasteiger partial charge is 0.383 e. The van der Waals surface area contributed by atoms with E-state index in [1.165, 1.54) is 28.8 Å². The van der Waals surface area contributed by atoms with Gasteiger partial charge in [-0.1, -0.05) is 22.9 Å². The summed E-state index contributed by atoms with van der Waals surface area (Å²) in [5, 5.41) is 16.4. The van der Waals surface area contributed by atoms with E-state index in [4.69, 9.17) is 34.8 Å². The predicted molar refractivity (Wildman–Crippen MR) is 101 cm³/mol. The first-order chi connectivity index (χ1) is 12.3. The number of nitrogens with one attached hydrogen (secondary N) is 1. The maximum atomic E-state index is 12.4. The van der Waals surface area contributed by atoms with Gasteiger partial charge >= 0.3 is 0 Å². The number of hydrogen-bond donors (Lipinski definition) is 2. The summed E-state index contributed by atoms with van der Waals surface area (Å²) in [5.41, 5.74) is 6.46. The van der Waals surface area contributed by atoms with Crippen LogP contribution in [-0.2, 0) is 10.0 Å². The minimum Gasteiger partial charge on any atom is -0.383 e. The number of hydrogen-bond acceptors (Lipinski definition) is 8. The zero-order valence-electron chi connectivity index (χ0n) is 12.7. The van der Waals surface area contributed by atoms with E-state index in [2.05, 4.69) is 14.9 Å². The monoisotopic (exact) mass is 424 g/mol. The maximum Gasteiger partial charge on any atom is 0.263 e. The van der Waals surface area contributed by atoms with Crippen molar-refractivity contribution in [1.82, 2.24) is 14.8 Å². The fraction of sp³-hybridized carbons (Fsp3) is 0. The van der Waals surface area contributed by atoms with Crippen molar-refractivity contribution < 1.29 is 8.42 Å². The average Bonchev–Trinajstić information content (AvgIpc) is 2.90. The molecule has 0 aliphatic heterocycles. The lowest BCUT2D eigenvalue weighted by Gasteiger charge is -2.09. The summed E-state index contributed by atoms with van der Waals surface area (Å²) in [5.74, 6) is 0.258. The Labute approximate surface area is 162 Å². The van der Waals surface area contributed by atoms with Crippen LogP contribution in [0.5, 0.6) is 0 Å². The summed E-state index contributed by atoms with van der Waals surface area (Å²) in [4.78, 5) is 0.313. The van der Waals surface area contributed by atoms with Gasteiger partial charge in [0.25, 0.3) is 10.0 Å². The molecule has 3 N–H and O–H groups in total. The van der Waals surface area contributed by atoms with Crippen molar-refractivity contribution in [2.75, 3.05) is 10.5 Å². The predicted octanol–water partition coefficient (Wildman–Crippen LogP) is 2.97. The van der Waals surface area contributed by atoms with Gasteiger partial charge in [0.2, 0.25) is 0 Å². The lowest BCUT2D eigenvalue weighted by Crippen LogP contribution is -2.14. The Morgan fingerprint density at radius 1 is 1.23 bits per heavy atom. The van der Waals surface area contributed by atoms with Crippen LogP contribution in [0.3, 0.4) is 0 Å². The van der Waals surface area contributed by atoms with E-state index in [1.54, 1.807) is 12.1 Å². The van der Waals surface area contributed by atoms with Crippen LogP contribution in [0, 0.1) is 15.3 Å². The molecule has 0 fully saturated rings. The minimum absolute atomic E-state index is 0.0128. The summed E-state index contributed by atoms with van der Waals surface area (Å²) in [6, 6.07) is 10.7. The number of thiazole rings is 1. The van der Waals surface area contributed by atoms with Gasteiger partial charge in [0.05, 0.1) is 4.90 Å². The number of nitrogen functional groups attached to an aromatic ring is 1. The highest BCUT2D eigenvalue weighted by atomic mass is 35.5. The Bertz CT molecular complexity index is 1160. The van der Waals surface area contributed by atoms with E-state index in [9.17, 15) is 8.42 Å². The van der Waals surface area contributed by atoms with E-state index in [0.717, 1.165) is 11.3 Å². The fourth-order valence-electron chi connectivity index (χ4n) is 2.05. The molecular weight excluding hydrogens is 416 g/mol. The van der Waals surface area contributed by atoms with E-state index < -0.39 is 10.0 Å². The number of halogens is 1. The number of rotatable bonds is 4. The first-order valence-electron chi connectivity index (χ1n) is 6.86. The molecule has 8 nitrogen and oxygen atoms in total. The topological polar surface area (TPSA) is 127 Å². The molecule has 0 atom stereocenters. The second-order valence-electron chi connectivity index (χ2n) is 4.87. The highest BCUT2D eigenvalue weighted by Crippen LogP contribution is 2.26. The standard InChI is InChI=1S/C14H9ClN6O2S3/c15-11-5-6-12(19-18-11)20-26(22,23)9-3-1-8(2-4-9)21-13(17)10(7-16)25-14(21)24/h1-6H,17H2,(H,19,20). The van der Waals surface area contributed by atoms with Crippen molar-refractivity contribution in [2.45, 2.75) is 4.90 Å². The van der Waals surface area contributed by atoms with Crippen LogP contribution in [0.2, 0.25) is 5.15 Å².